The van der Waals surface area contributed by atoms with Gasteiger partial charge in [-0.15, -0.1) is 0 Å². The average molecular weight is 253 g/mol. The second-order valence-electron chi connectivity index (χ2n) is 4.30. The molecule has 1 aromatic carbocycles. The Labute approximate surface area is 107 Å². The zero-order valence-corrected chi connectivity index (χ0v) is 10.8. The zero-order valence-electron chi connectivity index (χ0n) is 10.8. The van der Waals surface area contributed by atoms with Crippen LogP contribution in [0.1, 0.15) is 38.4 Å². The van der Waals surface area contributed by atoms with Crippen LogP contribution in [0.3, 0.4) is 0 Å². The molecule has 0 aromatic heterocycles. The van der Waals surface area contributed by atoms with Crippen LogP contribution in [0.4, 0.5) is 4.39 Å². The van der Waals surface area contributed by atoms with Crippen LogP contribution in [0.15, 0.2) is 24.3 Å². The lowest BCUT2D eigenvalue weighted by molar-refractivity contribution is -0.125. The zero-order chi connectivity index (χ0) is 13.5. The molecule has 1 rings (SSSR count). The van der Waals surface area contributed by atoms with Crippen molar-refractivity contribution in [2.45, 2.75) is 32.8 Å². The van der Waals surface area contributed by atoms with Gasteiger partial charge in [0.05, 0.1) is 6.10 Å². The number of aliphatic hydroxyl groups is 1. The van der Waals surface area contributed by atoms with Crippen LogP contribution in [-0.4, -0.2) is 17.6 Å². The maximum Gasteiger partial charge on any atom is 0.223 e. The molecule has 100 valence electrons. The number of carbonyl (C=O) groups is 1. The predicted octanol–water partition coefficient (Wildman–Crippen LogP) is 2.41. The van der Waals surface area contributed by atoms with E-state index >= 15 is 0 Å². The Morgan fingerprint density at radius 1 is 1.33 bits per heavy atom. The molecule has 0 bridgehead atoms. The highest BCUT2D eigenvalue weighted by atomic mass is 19.1. The first kappa shape index (κ1) is 14.6. The first-order chi connectivity index (χ1) is 8.60. The maximum atomic E-state index is 13.4. The third-order valence-corrected chi connectivity index (χ3v) is 3.09. The molecule has 1 amide bonds. The standard InChI is InChI=1S/C14H20FNO2/c1-3-10(4-2)14(18)16-9-13(17)11-7-5-6-8-12(11)15/h5-8,10,13,17H,3-4,9H2,1-2H3,(H,16,18). The molecule has 0 radical (unpaired) electrons. The molecule has 1 aromatic rings. The third-order valence-electron chi connectivity index (χ3n) is 3.09. The van der Waals surface area contributed by atoms with E-state index in [0.717, 1.165) is 12.8 Å². The minimum absolute atomic E-state index is 0.0380. The van der Waals surface area contributed by atoms with Crippen LogP contribution >= 0.6 is 0 Å². The average Bonchev–Trinajstić information content (AvgIpc) is 2.38. The van der Waals surface area contributed by atoms with Gasteiger partial charge in [-0.25, -0.2) is 4.39 Å². The SMILES string of the molecule is CCC(CC)C(=O)NCC(O)c1ccccc1F. The Balaban J connectivity index is 2.54. The summed E-state index contributed by atoms with van der Waals surface area (Å²) in [5, 5.41) is 12.5. The van der Waals surface area contributed by atoms with Gasteiger partial charge in [-0.2, -0.15) is 0 Å². The first-order valence-corrected chi connectivity index (χ1v) is 6.30. The second kappa shape index (κ2) is 7.11. The first-order valence-electron chi connectivity index (χ1n) is 6.30. The summed E-state index contributed by atoms with van der Waals surface area (Å²) < 4.78 is 13.4. The van der Waals surface area contributed by atoms with Gasteiger partial charge in [0.25, 0.3) is 0 Å². The molecule has 18 heavy (non-hydrogen) atoms. The molecule has 0 spiro atoms. The monoisotopic (exact) mass is 253 g/mol. The van der Waals surface area contributed by atoms with E-state index in [-0.39, 0.29) is 23.9 Å². The molecule has 0 heterocycles. The van der Waals surface area contributed by atoms with Crippen molar-refractivity contribution in [3.05, 3.63) is 35.6 Å². The van der Waals surface area contributed by atoms with Crippen LogP contribution in [0, 0.1) is 11.7 Å². The van der Waals surface area contributed by atoms with E-state index in [1.165, 1.54) is 12.1 Å². The normalized spacial score (nSPS) is 12.5. The van der Waals surface area contributed by atoms with Crippen LogP contribution in [0.5, 0.6) is 0 Å². The number of nitrogens with one attached hydrogen (secondary N) is 1. The fourth-order valence-electron chi connectivity index (χ4n) is 1.86. The van der Waals surface area contributed by atoms with Crippen LogP contribution in [0.2, 0.25) is 0 Å². The van der Waals surface area contributed by atoms with Crippen molar-refractivity contribution >= 4 is 5.91 Å². The maximum absolute atomic E-state index is 13.4. The number of halogens is 1. The van der Waals surface area contributed by atoms with Crippen molar-refractivity contribution in [3.63, 3.8) is 0 Å². The van der Waals surface area contributed by atoms with E-state index < -0.39 is 11.9 Å². The van der Waals surface area contributed by atoms with Gasteiger partial charge in [-0.3, -0.25) is 4.79 Å². The van der Waals surface area contributed by atoms with Crippen LogP contribution < -0.4 is 5.32 Å². The third kappa shape index (κ3) is 3.81. The van der Waals surface area contributed by atoms with E-state index in [2.05, 4.69) is 5.32 Å². The lowest BCUT2D eigenvalue weighted by atomic mass is 10.0. The topological polar surface area (TPSA) is 49.3 Å². The molecule has 0 fully saturated rings. The number of hydrogen-bond donors (Lipinski definition) is 2. The molecule has 0 aliphatic carbocycles. The molecular weight excluding hydrogens is 233 g/mol. The summed E-state index contributed by atoms with van der Waals surface area (Å²) in [7, 11) is 0. The molecule has 0 aliphatic rings. The fraction of sp³-hybridized carbons (Fsp3) is 0.500. The van der Waals surface area contributed by atoms with E-state index in [4.69, 9.17) is 0 Å². The number of benzene rings is 1. The van der Waals surface area contributed by atoms with Gasteiger partial charge in [0.1, 0.15) is 5.82 Å². The van der Waals surface area contributed by atoms with Gasteiger partial charge in [0.2, 0.25) is 5.91 Å². The van der Waals surface area contributed by atoms with E-state index in [9.17, 15) is 14.3 Å². The second-order valence-corrected chi connectivity index (χ2v) is 4.30. The van der Waals surface area contributed by atoms with Gasteiger partial charge in [0.15, 0.2) is 0 Å². The number of rotatable bonds is 6. The highest BCUT2D eigenvalue weighted by Crippen LogP contribution is 2.16. The summed E-state index contributed by atoms with van der Waals surface area (Å²) in [6, 6.07) is 6.03. The molecule has 1 unspecified atom stereocenters. The van der Waals surface area contributed by atoms with Gasteiger partial charge < -0.3 is 10.4 Å². The largest absolute Gasteiger partial charge is 0.386 e. The Bertz CT molecular complexity index is 391. The smallest absolute Gasteiger partial charge is 0.223 e. The van der Waals surface area contributed by atoms with Crippen molar-refractivity contribution in [1.82, 2.24) is 5.32 Å². The molecular formula is C14H20FNO2. The number of aliphatic hydroxyl groups excluding tert-OH is 1. The van der Waals surface area contributed by atoms with Gasteiger partial charge >= 0.3 is 0 Å². The van der Waals surface area contributed by atoms with Crippen molar-refractivity contribution < 1.29 is 14.3 Å². The van der Waals surface area contributed by atoms with Crippen molar-refractivity contribution in [1.29, 1.82) is 0 Å². The van der Waals surface area contributed by atoms with Crippen LogP contribution in [0.25, 0.3) is 0 Å². The number of hydrogen-bond acceptors (Lipinski definition) is 2. The Kier molecular flexibility index (Phi) is 5.78. The molecule has 0 aliphatic heterocycles. The quantitative estimate of drug-likeness (QED) is 0.818. The number of carbonyl (C=O) groups excluding carboxylic acids is 1. The fourth-order valence-corrected chi connectivity index (χ4v) is 1.86. The summed E-state index contributed by atoms with van der Waals surface area (Å²) in [5.74, 6) is -0.588. The van der Waals surface area contributed by atoms with Crippen molar-refractivity contribution in [2.24, 2.45) is 5.92 Å². The molecule has 0 saturated carbocycles. The van der Waals surface area contributed by atoms with Crippen molar-refractivity contribution in [2.75, 3.05) is 6.54 Å². The van der Waals surface area contributed by atoms with Crippen molar-refractivity contribution in [3.8, 4) is 0 Å². The van der Waals surface area contributed by atoms with E-state index in [1.54, 1.807) is 12.1 Å². The predicted molar refractivity (Wildman–Crippen MR) is 68.4 cm³/mol. The lowest BCUT2D eigenvalue weighted by Crippen LogP contribution is -2.33. The summed E-state index contributed by atoms with van der Waals surface area (Å²) >= 11 is 0. The molecule has 2 N–H and O–H groups in total. The summed E-state index contributed by atoms with van der Waals surface area (Å²) in [6.45, 7) is 3.93. The lowest BCUT2D eigenvalue weighted by Gasteiger charge is -2.16. The molecule has 3 nitrogen and oxygen atoms in total. The molecule has 4 heteroatoms. The number of amides is 1. The van der Waals surface area contributed by atoms with Gasteiger partial charge in [-0.05, 0) is 18.9 Å². The minimum atomic E-state index is -1.01. The van der Waals surface area contributed by atoms with E-state index in [0.29, 0.717) is 0 Å². The highest BCUT2D eigenvalue weighted by molar-refractivity contribution is 5.78. The summed E-state index contributed by atoms with van der Waals surface area (Å²) in [5.41, 5.74) is 0.211. The van der Waals surface area contributed by atoms with E-state index in [1.807, 2.05) is 13.8 Å². The summed E-state index contributed by atoms with van der Waals surface area (Å²) in [4.78, 5) is 11.7. The van der Waals surface area contributed by atoms with Crippen LogP contribution in [-0.2, 0) is 4.79 Å². The van der Waals surface area contributed by atoms with Gasteiger partial charge in [0, 0.05) is 18.0 Å². The Hall–Kier alpha value is -1.42. The molecule has 0 saturated heterocycles. The Morgan fingerprint density at radius 3 is 2.50 bits per heavy atom. The van der Waals surface area contributed by atoms with Gasteiger partial charge in [-0.1, -0.05) is 32.0 Å². The Morgan fingerprint density at radius 2 is 1.94 bits per heavy atom. The highest BCUT2D eigenvalue weighted by Gasteiger charge is 2.17. The molecule has 1 atom stereocenters. The summed E-state index contributed by atoms with van der Waals surface area (Å²) in [6.07, 6.45) is 0.514. The minimum Gasteiger partial charge on any atom is -0.386 e.